The number of hydrogen-bond donors (Lipinski definition) is 2. The molecular weight excluding hydrogens is 332 g/mol. The van der Waals surface area contributed by atoms with Gasteiger partial charge in [-0.3, -0.25) is 4.79 Å². The van der Waals surface area contributed by atoms with E-state index in [1.54, 1.807) is 0 Å². The maximum atomic E-state index is 12.9. The molecule has 25 heavy (non-hydrogen) atoms. The first-order chi connectivity index (χ1) is 11.6. The van der Waals surface area contributed by atoms with Crippen LogP contribution in [0.3, 0.4) is 0 Å². The van der Waals surface area contributed by atoms with E-state index in [1.807, 2.05) is 44.7 Å². The second kappa shape index (κ2) is 7.68. The van der Waals surface area contributed by atoms with E-state index in [2.05, 4.69) is 32.2 Å². The van der Waals surface area contributed by atoms with Gasteiger partial charge in [-0.05, 0) is 36.3 Å². The highest BCUT2D eigenvalue weighted by molar-refractivity contribution is 7.99. The minimum atomic E-state index is -0.901. The molecule has 4 nitrogen and oxygen atoms in total. The summed E-state index contributed by atoms with van der Waals surface area (Å²) in [6, 6.07) is 6.07. The zero-order valence-electron chi connectivity index (χ0n) is 16.3. The van der Waals surface area contributed by atoms with E-state index in [1.165, 1.54) is 5.56 Å². The lowest BCUT2D eigenvalue weighted by Crippen LogP contribution is -2.74. The van der Waals surface area contributed by atoms with Crippen molar-refractivity contribution in [2.75, 3.05) is 11.9 Å². The lowest BCUT2D eigenvalue weighted by molar-refractivity contribution is -0.166. The average Bonchev–Trinajstić information content (AvgIpc) is 2.55. The van der Waals surface area contributed by atoms with Crippen molar-refractivity contribution in [1.82, 2.24) is 0 Å². The number of amides is 1. The smallest absolute Gasteiger partial charge is 0.245 e. The van der Waals surface area contributed by atoms with Crippen LogP contribution in [0.25, 0.3) is 0 Å². The van der Waals surface area contributed by atoms with Crippen LogP contribution in [0.4, 0.5) is 5.69 Å². The highest BCUT2D eigenvalue weighted by Crippen LogP contribution is 2.50. The Balaban J connectivity index is 2.12. The van der Waals surface area contributed by atoms with Crippen LogP contribution in [0.15, 0.2) is 18.2 Å². The van der Waals surface area contributed by atoms with Crippen LogP contribution in [0.1, 0.15) is 52.2 Å². The average molecular weight is 365 g/mol. The number of nitrogens with two attached hydrogens (primary N) is 1. The third-order valence-corrected chi connectivity index (χ3v) is 6.65. The van der Waals surface area contributed by atoms with Gasteiger partial charge in [-0.2, -0.15) is 11.8 Å². The van der Waals surface area contributed by atoms with Gasteiger partial charge in [0.05, 0.1) is 6.10 Å². The van der Waals surface area contributed by atoms with Gasteiger partial charge in [-0.25, -0.2) is 0 Å². The Hall–Kier alpha value is -1.04. The number of carbonyl (C=O) groups excluding carboxylic acids is 1. The number of nitrogens with one attached hydrogen (secondary N) is 1. The summed E-state index contributed by atoms with van der Waals surface area (Å²) in [6.07, 6.45) is 0.588. The van der Waals surface area contributed by atoms with Crippen molar-refractivity contribution >= 4 is 23.4 Å². The van der Waals surface area contributed by atoms with Gasteiger partial charge < -0.3 is 15.8 Å². The Kier molecular flexibility index (Phi) is 6.23. The number of thioether (sulfide) groups is 1. The van der Waals surface area contributed by atoms with Crippen molar-refractivity contribution in [3.05, 3.63) is 29.3 Å². The third-order valence-electron chi connectivity index (χ3n) is 5.50. The third kappa shape index (κ3) is 3.88. The van der Waals surface area contributed by atoms with Crippen molar-refractivity contribution < 1.29 is 9.53 Å². The summed E-state index contributed by atoms with van der Waals surface area (Å²) in [5.74, 6) is 0.823. The summed E-state index contributed by atoms with van der Waals surface area (Å²) in [7, 11) is 0. The predicted octanol–water partition coefficient (Wildman–Crippen LogP) is 4.11. The number of carbonyl (C=O) groups is 1. The van der Waals surface area contributed by atoms with E-state index in [0.29, 0.717) is 18.3 Å². The highest BCUT2D eigenvalue weighted by Gasteiger charge is 2.62. The molecule has 1 saturated carbocycles. The molecule has 0 aromatic heterocycles. The molecule has 0 radical (unpaired) electrons. The van der Waals surface area contributed by atoms with Gasteiger partial charge in [-0.15, -0.1) is 0 Å². The largest absolute Gasteiger partial charge is 0.378 e. The zero-order valence-corrected chi connectivity index (χ0v) is 17.1. The molecule has 3 N–H and O–H groups in total. The first-order valence-corrected chi connectivity index (χ1v) is 10.1. The fourth-order valence-electron chi connectivity index (χ4n) is 3.29. The summed E-state index contributed by atoms with van der Waals surface area (Å²) < 4.78 is 5.72. The Labute approximate surface area is 156 Å². The van der Waals surface area contributed by atoms with Gasteiger partial charge >= 0.3 is 0 Å². The van der Waals surface area contributed by atoms with E-state index in [0.717, 1.165) is 17.0 Å². The summed E-state index contributed by atoms with van der Waals surface area (Å²) in [5.41, 5.74) is 8.42. The Morgan fingerprint density at radius 2 is 2.12 bits per heavy atom. The Morgan fingerprint density at radius 3 is 2.68 bits per heavy atom. The van der Waals surface area contributed by atoms with Crippen LogP contribution in [-0.2, 0) is 15.3 Å². The van der Waals surface area contributed by atoms with E-state index >= 15 is 0 Å². The molecule has 1 fully saturated rings. The summed E-state index contributed by atoms with van der Waals surface area (Å²) in [4.78, 5) is 12.9. The predicted molar refractivity (Wildman–Crippen MR) is 107 cm³/mol. The molecule has 1 aromatic carbocycles. The molecule has 0 heterocycles. The molecule has 0 saturated heterocycles. The first-order valence-electron chi connectivity index (χ1n) is 9.05. The van der Waals surface area contributed by atoms with E-state index in [-0.39, 0.29) is 17.4 Å². The SMILES string of the molecule is CCOC1CC(N)(C(=O)Nc2cccc(CSC(C)C)c2C)C1(C)C. The van der Waals surface area contributed by atoms with Crippen molar-refractivity contribution in [3.63, 3.8) is 0 Å². The fraction of sp³-hybridized carbons (Fsp3) is 0.650. The van der Waals surface area contributed by atoms with Gasteiger partial charge in [0.15, 0.2) is 0 Å². The molecule has 0 bridgehead atoms. The van der Waals surface area contributed by atoms with E-state index < -0.39 is 5.54 Å². The molecule has 140 valence electrons. The second-order valence-corrected chi connectivity index (χ2v) is 9.31. The van der Waals surface area contributed by atoms with Crippen LogP contribution in [0, 0.1) is 12.3 Å². The zero-order chi connectivity index (χ0) is 18.8. The van der Waals surface area contributed by atoms with Crippen LogP contribution >= 0.6 is 11.8 Å². The standard InChI is InChI=1S/C20H32N2O2S/c1-7-24-17-11-20(21,19(17,5)6)18(23)22-16-10-8-9-15(14(16)4)12-25-13(2)3/h8-10,13,17H,7,11-12,21H2,1-6H3,(H,22,23). The number of rotatable bonds is 7. The summed E-state index contributed by atoms with van der Waals surface area (Å²) in [5, 5.41) is 3.65. The second-order valence-electron chi connectivity index (χ2n) is 7.74. The molecule has 2 rings (SSSR count). The normalized spacial score (nSPS) is 24.9. The minimum Gasteiger partial charge on any atom is -0.378 e. The molecular formula is C20H32N2O2S. The molecule has 1 aromatic rings. The molecule has 0 aliphatic heterocycles. The molecule has 2 atom stereocenters. The lowest BCUT2D eigenvalue weighted by atomic mass is 9.54. The number of anilines is 1. The van der Waals surface area contributed by atoms with Crippen LogP contribution in [-0.4, -0.2) is 29.4 Å². The van der Waals surface area contributed by atoms with Gasteiger partial charge in [-0.1, -0.05) is 39.8 Å². The first kappa shape index (κ1) is 20.3. The van der Waals surface area contributed by atoms with E-state index in [9.17, 15) is 4.79 Å². The number of benzene rings is 1. The topological polar surface area (TPSA) is 64.3 Å². The van der Waals surface area contributed by atoms with Crippen LogP contribution in [0.5, 0.6) is 0 Å². The number of hydrogen-bond acceptors (Lipinski definition) is 4. The maximum absolute atomic E-state index is 12.9. The lowest BCUT2D eigenvalue weighted by Gasteiger charge is -2.57. The number of ether oxygens (including phenoxy) is 1. The van der Waals surface area contributed by atoms with Gasteiger partial charge in [0.25, 0.3) is 0 Å². The van der Waals surface area contributed by atoms with Crippen LogP contribution < -0.4 is 11.1 Å². The summed E-state index contributed by atoms with van der Waals surface area (Å²) in [6.45, 7) is 13.1. The Morgan fingerprint density at radius 1 is 1.44 bits per heavy atom. The maximum Gasteiger partial charge on any atom is 0.245 e. The fourth-order valence-corrected chi connectivity index (χ4v) is 4.11. The van der Waals surface area contributed by atoms with Crippen molar-refractivity contribution in [3.8, 4) is 0 Å². The van der Waals surface area contributed by atoms with Gasteiger partial charge in [0.2, 0.25) is 5.91 Å². The molecule has 1 aliphatic rings. The molecule has 1 aliphatic carbocycles. The molecule has 0 spiro atoms. The van der Waals surface area contributed by atoms with Gasteiger partial charge in [0.1, 0.15) is 5.54 Å². The molecule has 5 heteroatoms. The molecule has 1 amide bonds. The highest BCUT2D eigenvalue weighted by atomic mass is 32.2. The molecule has 2 unspecified atom stereocenters. The summed E-state index contributed by atoms with van der Waals surface area (Å²) >= 11 is 1.90. The van der Waals surface area contributed by atoms with Crippen molar-refractivity contribution in [2.45, 2.75) is 70.6 Å². The van der Waals surface area contributed by atoms with Crippen LogP contribution in [0.2, 0.25) is 0 Å². The quantitative estimate of drug-likeness (QED) is 0.764. The minimum absolute atomic E-state index is 0.0307. The van der Waals surface area contributed by atoms with Crippen molar-refractivity contribution in [2.24, 2.45) is 11.1 Å². The Bertz CT molecular complexity index is 630. The van der Waals surface area contributed by atoms with Gasteiger partial charge in [0, 0.05) is 29.9 Å². The monoisotopic (exact) mass is 364 g/mol. The van der Waals surface area contributed by atoms with Crippen molar-refractivity contribution in [1.29, 1.82) is 0 Å². The van der Waals surface area contributed by atoms with E-state index in [4.69, 9.17) is 10.5 Å².